The van der Waals surface area contributed by atoms with Gasteiger partial charge in [-0.2, -0.15) is 0 Å². The number of nitrogens with zero attached hydrogens (tertiary/aromatic N) is 1. The first-order valence-corrected chi connectivity index (χ1v) is 4.08. The van der Waals surface area contributed by atoms with Crippen molar-refractivity contribution in [2.75, 3.05) is 0 Å². The summed E-state index contributed by atoms with van der Waals surface area (Å²) in [4.78, 5) is 9.42. The number of hydrogen-bond donors (Lipinski definition) is 1. The Labute approximate surface area is 82.6 Å². The predicted octanol–water partition coefficient (Wildman–Crippen LogP) is 1.60. The van der Waals surface area contributed by atoms with E-state index in [1.54, 1.807) is 0 Å². The molecule has 1 aromatic carbocycles. The molecule has 0 aliphatic carbocycles. The highest BCUT2D eigenvalue weighted by atomic mass is 35.5. The van der Waals surface area contributed by atoms with Gasteiger partial charge in [-0.1, -0.05) is 12.1 Å². The molecule has 0 radical (unpaired) electrons. The third-order valence-electron chi connectivity index (χ3n) is 1.25. The van der Waals surface area contributed by atoms with E-state index in [0.717, 1.165) is 0 Å². The number of nitro benzene ring substituents is 1. The van der Waals surface area contributed by atoms with Gasteiger partial charge in [0.1, 0.15) is 4.90 Å². The highest BCUT2D eigenvalue weighted by Gasteiger charge is 2.15. The zero-order valence-electron chi connectivity index (χ0n) is 6.25. The molecule has 0 aliphatic rings. The summed E-state index contributed by atoms with van der Waals surface area (Å²) in [6, 6.07) is 5.34. The second-order valence-corrected chi connectivity index (χ2v) is 2.91. The smallest absolute Gasteiger partial charge is 0.287 e. The van der Waals surface area contributed by atoms with Crippen LogP contribution in [0.25, 0.3) is 0 Å². The Balaban J connectivity index is 0.00000144. The fraction of sp³-hybridized carbons (Fsp3) is 0. The monoisotopic (exact) mass is 223 g/mol. The van der Waals surface area contributed by atoms with Crippen LogP contribution in [0.2, 0.25) is 0 Å². The largest absolute Gasteiger partial charge is 0.302 e. The minimum absolute atomic E-state index is 0. The van der Waals surface area contributed by atoms with Crippen molar-refractivity contribution in [3.63, 3.8) is 0 Å². The van der Waals surface area contributed by atoms with Crippen molar-refractivity contribution >= 4 is 29.2 Å². The lowest BCUT2D eigenvalue weighted by atomic mass is 10.3. The van der Waals surface area contributed by atoms with E-state index < -0.39 is 16.0 Å². The Hall–Kier alpha value is -0.980. The fourth-order valence-electron chi connectivity index (χ4n) is 0.756. The van der Waals surface area contributed by atoms with Gasteiger partial charge in [0.15, 0.2) is 11.1 Å². The standard InChI is InChI=1S/C6H5NO4S.ClH/c8-7(9)5-3-1-2-4-6(5)12(10)11;/h1-4H,(H,10,11);1H. The SMILES string of the molecule is Cl.O=[N+]([O-])c1ccccc1S(=O)O. The summed E-state index contributed by atoms with van der Waals surface area (Å²) in [5.74, 6) is 0. The Kier molecular flexibility index (Phi) is 4.53. The second-order valence-electron chi connectivity index (χ2n) is 1.97. The zero-order valence-corrected chi connectivity index (χ0v) is 7.88. The summed E-state index contributed by atoms with van der Waals surface area (Å²) in [6.45, 7) is 0. The molecule has 0 saturated heterocycles. The number of halogens is 1. The minimum Gasteiger partial charge on any atom is -0.302 e. The fourth-order valence-corrected chi connectivity index (χ4v) is 1.27. The maximum absolute atomic E-state index is 10.5. The van der Waals surface area contributed by atoms with Crippen LogP contribution < -0.4 is 0 Å². The van der Waals surface area contributed by atoms with Crippen molar-refractivity contribution in [2.24, 2.45) is 0 Å². The van der Waals surface area contributed by atoms with Crippen molar-refractivity contribution in [1.82, 2.24) is 0 Å². The van der Waals surface area contributed by atoms with Crippen LogP contribution in [-0.4, -0.2) is 13.7 Å². The Morgan fingerprint density at radius 3 is 2.31 bits per heavy atom. The van der Waals surface area contributed by atoms with Gasteiger partial charge < -0.3 is 4.55 Å². The van der Waals surface area contributed by atoms with Gasteiger partial charge in [-0.3, -0.25) is 10.1 Å². The molecule has 1 aromatic rings. The Morgan fingerprint density at radius 2 is 1.92 bits per heavy atom. The van der Waals surface area contributed by atoms with Gasteiger partial charge in [0, 0.05) is 6.07 Å². The second kappa shape index (κ2) is 4.90. The van der Waals surface area contributed by atoms with Crippen LogP contribution >= 0.6 is 12.4 Å². The molecule has 5 nitrogen and oxygen atoms in total. The maximum Gasteiger partial charge on any atom is 0.287 e. The van der Waals surface area contributed by atoms with E-state index in [1.165, 1.54) is 24.3 Å². The Bertz CT molecular complexity index is 310. The Morgan fingerprint density at radius 1 is 1.38 bits per heavy atom. The summed E-state index contributed by atoms with van der Waals surface area (Å²) < 4.78 is 19.2. The van der Waals surface area contributed by atoms with E-state index >= 15 is 0 Å². The predicted molar refractivity (Wildman–Crippen MR) is 49.4 cm³/mol. The average molecular weight is 224 g/mol. The van der Waals surface area contributed by atoms with E-state index in [-0.39, 0.29) is 23.0 Å². The molecule has 1 unspecified atom stereocenters. The van der Waals surface area contributed by atoms with Gasteiger partial charge in [-0.25, -0.2) is 4.21 Å². The summed E-state index contributed by atoms with van der Waals surface area (Å²) in [5.41, 5.74) is -0.335. The molecule has 0 spiro atoms. The van der Waals surface area contributed by atoms with Crippen molar-refractivity contribution in [3.05, 3.63) is 34.4 Å². The molecule has 0 saturated carbocycles. The maximum atomic E-state index is 10.5. The van der Waals surface area contributed by atoms with Gasteiger partial charge in [-0.05, 0) is 6.07 Å². The van der Waals surface area contributed by atoms with Crippen molar-refractivity contribution in [3.8, 4) is 0 Å². The molecule has 0 aromatic heterocycles. The molecule has 0 aliphatic heterocycles. The lowest BCUT2D eigenvalue weighted by Gasteiger charge is -1.95. The normalized spacial score (nSPS) is 11.5. The van der Waals surface area contributed by atoms with Gasteiger partial charge >= 0.3 is 0 Å². The molecule has 7 heteroatoms. The van der Waals surface area contributed by atoms with E-state index in [1.807, 2.05) is 0 Å². The van der Waals surface area contributed by atoms with Crippen LogP contribution in [0.4, 0.5) is 5.69 Å². The first-order valence-electron chi connectivity index (χ1n) is 2.97. The minimum atomic E-state index is -2.30. The number of rotatable bonds is 2. The molecular formula is C6H6ClNO4S. The molecule has 13 heavy (non-hydrogen) atoms. The lowest BCUT2D eigenvalue weighted by molar-refractivity contribution is -0.387. The summed E-state index contributed by atoms with van der Waals surface area (Å²) >= 11 is -2.30. The van der Waals surface area contributed by atoms with Crippen LogP contribution in [0.1, 0.15) is 0 Å². The molecule has 72 valence electrons. The zero-order chi connectivity index (χ0) is 9.14. The van der Waals surface area contributed by atoms with E-state index in [2.05, 4.69) is 0 Å². The van der Waals surface area contributed by atoms with Crippen molar-refractivity contribution < 1.29 is 13.7 Å². The van der Waals surface area contributed by atoms with Gasteiger partial charge in [-0.15, -0.1) is 12.4 Å². The first-order chi connectivity index (χ1) is 5.63. The highest BCUT2D eigenvalue weighted by molar-refractivity contribution is 7.79. The lowest BCUT2D eigenvalue weighted by Crippen LogP contribution is -1.96. The van der Waals surface area contributed by atoms with Crippen LogP contribution in [-0.2, 0) is 11.1 Å². The molecule has 0 fully saturated rings. The third-order valence-corrected chi connectivity index (χ3v) is 1.97. The number of nitro groups is 1. The molecule has 0 heterocycles. The summed E-state index contributed by atoms with van der Waals surface area (Å²) in [5, 5.41) is 10.3. The summed E-state index contributed by atoms with van der Waals surface area (Å²) in [6.07, 6.45) is 0. The van der Waals surface area contributed by atoms with Crippen LogP contribution in [0.3, 0.4) is 0 Å². The molecule has 0 bridgehead atoms. The molecule has 1 atom stereocenters. The topological polar surface area (TPSA) is 80.4 Å². The number of hydrogen-bond acceptors (Lipinski definition) is 3. The van der Waals surface area contributed by atoms with E-state index in [4.69, 9.17) is 4.55 Å². The highest BCUT2D eigenvalue weighted by Crippen LogP contribution is 2.19. The number of benzene rings is 1. The van der Waals surface area contributed by atoms with Crippen molar-refractivity contribution in [1.29, 1.82) is 0 Å². The first kappa shape index (κ1) is 12.0. The molecule has 0 amide bonds. The average Bonchev–Trinajstić information content (AvgIpc) is 2.04. The number of para-hydroxylation sites is 1. The van der Waals surface area contributed by atoms with Crippen LogP contribution in [0.15, 0.2) is 29.2 Å². The quantitative estimate of drug-likeness (QED) is 0.469. The van der Waals surface area contributed by atoms with Crippen molar-refractivity contribution in [2.45, 2.75) is 4.90 Å². The van der Waals surface area contributed by atoms with Gasteiger partial charge in [0.05, 0.1) is 4.92 Å². The van der Waals surface area contributed by atoms with Gasteiger partial charge in [0.25, 0.3) is 5.69 Å². The third kappa shape index (κ3) is 2.76. The van der Waals surface area contributed by atoms with Crippen LogP contribution in [0.5, 0.6) is 0 Å². The molecule has 1 rings (SSSR count). The van der Waals surface area contributed by atoms with Crippen LogP contribution in [0, 0.1) is 10.1 Å². The van der Waals surface area contributed by atoms with E-state index in [0.29, 0.717) is 0 Å². The molecule has 1 N–H and O–H groups in total. The summed E-state index contributed by atoms with van der Waals surface area (Å²) in [7, 11) is 0. The molecular weight excluding hydrogens is 218 g/mol. The van der Waals surface area contributed by atoms with E-state index in [9.17, 15) is 14.3 Å². The van der Waals surface area contributed by atoms with Gasteiger partial charge in [0.2, 0.25) is 0 Å².